The third-order valence-electron chi connectivity index (χ3n) is 4.45. The zero-order chi connectivity index (χ0) is 19.0. The summed E-state index contributed by atoms with van der Waals surface area (Å²) in [5.74, 6) is 0.457. The van der Waals surface area contributed by atoms with E-state index in [1.165, 1.54) is 0 Å². The van der Waals surface area contributed by atoms with Gasteiger partial charge in [-0.25, -0.2) is 0 Å². The van der Waals surface area contributed by atoms with Gasteiger partial charge >= 0.3 is 0 Å². The van der Waals surface area contributed by atoms with Crippen LogP contribution in [0.5, 0.6) is 0 Å². The van der Waals surface area contributed by atoms with Crippen molar-refractivity contribution in [2.75, 3.05) is 4.90 Å². The van der Waals surface area contributed by atoms with E-state index in [1.807, 2.05) is 48.2 Å². The minimum atomic E-state index is -3.82. The van der Waals surface area contributed by atoms with Crippen LogP contribution in [-0.4, -0.2) is 14.3 Å². The second-order valence-corrected chi connectivity index (χ2v) is 8.46. The van der Waals surface area contributed by atoms with E-state index in [1.54, 1.807) is 36.4 Å². The number of nitrogens with zero attached hydrogens (tertiary/aromatic N) is 2. The summed E-state index contributed by atoms with van der Waals surface area (Å²) in [6.45, 7) is 1.91. The molecule has 0 saturated heterocycles. The summed E-state index contributed by atoms with van der Waals surface area (Å²) in [4.78, 5) is 2.04. The van der Waals surface area contributed by atoms with E-state index in [0.717, 1.165) is 22.5 Å². The summed E-state index contributed by atoms with van der Waals surface area (Å²) in [5, 5.41) is 0.581. The summed E-state index contributed by atoms with van der Waals surface area (Å²) in [7, 11) is -3.82. The van der Waals surface area contributed by atoms with Crippen LogP contribution in [0.3, 0.4) is 0 Å². The zero-order valence-electron chi connectivity index (χ0n) is 14.6. The Morgan fingerprint density at radius 1 is 0.963 bits per heavy atom. The zero-order valence-corrected chi connectivity index (χ0v) is 16.2. The number of hydrogen-bond acceptors (Lipinski definition) is 2. The molecule has 6 heteroatoms. The van der Waals surface area contributed by atoms with Gasteiger partial charge in [0, 0.05) is 17.1 Å². The summed E-state index contributed by atoms with van der Waals surface area (Å²) in [6.07, 6.45) is 0.438. The van der Waals surface area contributed by atoms with Crippen LogP contribution >= 0.6 is 11.6 Å². The standard InChI is InChI=1S/C21H17ClN2O2S/c1-15-9-11-19(12-10-15)27(25,26)23-21-13-16-5-2-3-8-20(16)24(21)18-7-4-6-17(22)14-18/h2-12,14H,13H2,1H3/b23-21-. The van der Waals surface area contributed by atoms with Crippen molar-refractivity contribution in [1.29, 1.82) is 0 Å². The molecule has 0 spiro atoms. The van der Waals surface area contributed by atoms with Crippen LogP contribution in [0.25, 0.3) is 0 Å². The van der Waals surface area contributed by atoms with Crippen molar-refractivity contribution in [3.8, 4) is 0 Å². The van der Waals surface area contributed by atoms with Gasteiger partial charge in [-0.1, -0.05) is 53.6 Å². The molecule has 0 bridgehead atoms. The topological polar surface area (TPSA) is 49.7 Å². The highest BCUT2D eigenvalue weighted by Crippen LogP contribution is 2.37. The molecular formula is C21H17ClN2O2S. The highest BCUT2D eigenvalue weighted by atomic mass is 35.5. The van der Waals surface area contributed by atoms with Gasteiger partial charge in [0.25, 0.3) is 10.0 Å². The lowest BCUT2D eigenvalue weighted by atomic mass is 10.2. The number of halogens is 1. The van der Waals surface area contributed by atoms with E-state index < -0.39 is 10.0 Å². The van der Waals surface area contributed by atoms with Crippen LogP contribution in [0.4, 0.5) is 11.4 Å². The van der Waals surface area contributed by atoms with Gasteiger partial charge in [-0.15, -0.1) is 4.40 Å². The number of anilines is 2. The third-order valence-corrected chi connectivity index (χ3v) is 6.00. The van der Waals surface area contributed by atoms with Gasteiger partial charge in [0.2, 0.25) is 0 Å². The number of para-hydroxylation sites is 1. The Labute approximate surface area is 163 Å². The van der Waals surface area contributed by atoms with Gasteiger partial charge in [-0.3, -0.25) is 4.90 Å². The lowest BCUT2D eigenvalue weighted by Gasteiger charge is -2.20. The lowest BCUT2D eigenvalue weighted by Crippen LogP contribution is -2.23. The Kier molecular flexibility index (Phi) is 4.50. The first-order valence-corrected chi connectivity index (χ1v) is 10.3. The second-order valence-electron chi connectivity index (χ2n) is 6.42. The first-order chi connectivity index (χ1) is 12.9. The van der Waals surface area contributed by atoms with Crippen molar-refractivity contribution in [2.45, 2.75) is 18.2 Å². The van der Waals surface area contributed by atoms with E-state index in [0.29, 0.717) is 17.3 Å². The molecule has 4 rings (SSSR count). The number of rotatable bonds is 3. The Hall–Kier alpha value is -2.63. The summed E-state index contributed by atoms with van der Waals surface area (Å²) in [5.41, 5.74) is 3.72. The smallest absolute Gasteiger partial charge is 0.283 e. The Morgan fingerprint density at radius 2 is 1.70 bits per heavy atom. The van der Waals surface area contributed by atoms with Crippen LogP contribution in [0.2, 0.25) is 5.02 Å². The number of sulfonamides is 1. The molecule has 0 fully saturated rings. The summed E-state index contributed by atoms with van der Waals surface area (Å²) < 4.78 is 29.9. The molecule has 0 amide bonds. The monoisotopic (exact) mass is 396 g/mol. The highest BCUT2D eigenvalue weighted by Gasteiger charge is 2.29. The maximum atomic E-state index is 12.9. The molecule has 1 heterocycles. The molecular weight excluding hydrogens is 380 g/mol. The Balaban J connectivity index is 1.83. The van der Waals surface area contributed by atoms with Crippen LogP contribution in [0, 0.1) is 6.92 Å². The fourth-order valence-corrected chi connectivity index (χ4v) is 4.34. The molecule has 1 aliphatic heterocycles. The Morgan fingerprint density at radius 3 is 2.44 bits per heavy atom. The maximum absolute atomic E-state index is 12.9. The SMILES string of the molecule is Cc1ccc(S(=O)(=O)/N=C2/Cc3ccccc3N2c2cccc(Cl)c2)cc1. The quantitative estimate of drug-likeness (QED) is 0.616. The van der Waals surface area contributed by atoms with Crippen molar-refractivity contribution in [2.24, 2.45) is 4.40 Å². The predicted molar refractivity (Wildman–Crippen MR) is 110 cm³/mol. The normalized spacial score (nSPS) is 15.2. The van der Waals surface area contributed by atoms with Crippen molar-refractivity contribution in [3.05, 3.63) is 88.9 Å². The lowest BCUT2D eigenvalue weighted by molar-refractivity contribution is 0.598. The fourth-order valence-electron chi connectivity index (χ4n) is 3.14. The van der Waals surface area contributed by atoms with Gasteiger partial charge < -0.3 is 0 Å². The van der Waals surface area contributed by atoms with Crippen molar-refractivity contribution in [3.63, 3.8) is 0 Å². The molecule has 27 heavy (non-hydrogen) atoms. The molecule has 0 radical (unpaired) electrons. The van der Waals surface area contributed by atoms with E-state index in [-0.39, 0.29) is 4.90 Å². The largest absolute Gasteiger partial charge is 0.297 e. The van der Waals surface area contributed by atoms with E-state index in [4.69, 9.17) is 11.6 Å². The molecule has 1 aliphatic rings. The van der Waals surface area contributed by atoms with Crippen LogP contribution in [0.1, 0.15) is 11.1 Å². The van der Waals surface area contributed by atoms with Gasteiger partial charge in [-0.2, -0.15) is 8.42 Å². The van der Waals surface area contributed by atoms with Crippen molar-refractivity contribution >= 4 is 38.8 Å². The average molecular weight is 397 g/mol. The van der Waals surface area contributed by atoms with Crippen LogP contribution < -0.4 is 4.90 Å². The third kappa shape index (κ3) is 3.48. The maximum Gasteiger partial charge on any atom is 0.283 e. The fraction of sp³-hybridized carbons (Fsp3) is 0.0952. The molecule has 136 valence electrons. The molecule has 3 aromatic carbocycles. The van der Waals surface area contributed by atoms with Gasteiger partial charge in [-0.05, 0) is 48.9 Å². The number of fused-ring (bicyclic) bond motifs is 1. The minimum absolute atomic E-state index is 0.183. The minimum Gasteiger partial charge on any atom is -0.297 e. The Bertz CT molecular complexity index is 1140. The molecule has 4 nitrogen and oxygen atoms in total. The van der Waals surface area contributed by atoms with Crippen LogP contribution in [0.15, 0.2) is 82.1 Å². The number of aryl methyl sites for hydroxylation is 1. The van der Waals surface area contributed by atoms with Gasteiger partial charge in [0.05, 0.1) is 10.6 Å². The second kappa shape index (κ2) is 6.83. The van der Waals surface area contributed by atoms with Gasteiger partial charge in [0.1, 0.15) is 5.84 Å². The summed E-state index contributed by atoms with van der Waals surface area (Å²) in [6, 6.07) is 21.8. The molecule has 0 aromatic heterocycles. The van der Waals surface area contributed by atoms with Gasteiger partial charge in [0.15, 0.2) is 0 Å². The van der Waals surface area contributed by atoms with Crippen LogP contribution in [-0.2, 0) is 16.4 Å². The van der Waals surface area contributed by atoms with Crippen molar-refractivity contribution in [1.82, 2.24) is 0 Å². The molecule has 0 unspecified atom stereocenters. The molecule has 0 N–H and O–H groups in total. The molecule has 0 atom stereocenters. The van der Waals surface area contributed by atoms with E-state index >= 15 is 0 Å². The summed E-state index contributed by atoms with van der Waals surface area (Å²) >= 11 is 6.16. The number of amidine groups is 1. The van der Waals surface area contributed by atoms with E-state index in [9.17, 15) is 8.42 Å². The number of benzene rings is 3. The first kappa shape index (κ1) is 17.8. The molecule has 0 aliphatic carbocycles. The highest BCUT2D eigenvalue weighted by molar-refractivity contribution is 7.90. The molecule has 0 saturated carbocycles. The molecule has 3 aromatic rings. The van der Waals surface area contributed by atoms with Crippen molar-refractivity contribution < 1.29 is 8.42 Å². The first-order valence-electron chi connectivity index (χ1n) is 8.48. The van der Waals surface area contributed by atoms with E-state index in [2.05, 4.69) is 4.40 Å². The predicted octanol–water partition coefficient (Wildman–Crippen LogP) is 5.13. The number of hydrogen-bond donors (Lipinski definition) is 0. The average Bonchev–Trinajstić information content (AvgIpc) is 2.99.